The van der Waals surface area contributed by atoms with Gasteiger partial charge in [0.1, 0.15) is 5.01 Å². The Labute approximate surface area is 131 Å². The summed E-state index contributed by atoms with van der Waals surface area (Å²) in [6.07, 6.45) is 2.51. The first-order chi connectivity index (χ1) is 10.3. The highest BCUT2D eigenvalue weighted by Crippen LogP contribution is 2.21. The van der Waals surface area contributed by atoms with Gasteiger partial charge in [-0.2, -0.15) is 0 Å². The molecule has 1 N–H and O–H groups in total. The molecular weight excluding hydrogens is 278 g/mol. The minimum absolute atomic E-state index is 0.650. The Kier molecular flexibility index (Phi) is 5.01. The highest BCUT2D eigenvalue weighted by molar-refractivity contribution is 7.09. The zero-order valence-corrected chi connectivity index (χ0v) is 13.4. The summed E-state index contributed by atoms with van der Waals surface area (Å²) in [7, 11) is 0. The summed E-state index contributed by atoms with van der Waals surface area (Å²) in [4.78, 5) is 7.26. The maximum absolute atomic E-state index is 4.74. The van der Waals surface area contributed by atoms with Crippen LogP contribution in [-0.2, 0) is 6.54 Å². The highest BCUT2D eigenvalue weighted by Gasteiger charge is 2.17. The monoisotopic (exact) mass is 301 g/mol. The third-order valence-corrected chi connectivity index (χ3v) is 5.05. The third-order valence-electron chi connectivity index (χ3n) is 4.20. The van der Waals surface area contributed by atoms with Crippen LogP contribution in [-0.4, -0.2) is 35.6 Å². The van der Waals surface area contributed by atoms with Crippen molar-refractivity contribution >= 4 is 11.3 Å². The lowest BCUT2D eigenvalue weighted by molar-refractivity contribution is 0.206. The number of thiazole rings is 1. The maximum atomic E-state index is 4.74. The molecule has 0 saturated carbocycles. The summed E-state index contributed by atoms with van der Waals surface area (Å²) in [5.74, 6) is 0. The second-order valence-corrected chi connectivity index (χ2v) is 6.52. The molecule has 1 aromatic heterocycles. The van der Waals surface area contributed by atoms with Crippen LogP contribution in [0.15, 0.2) is 35.7 Å². The molecule has 0 spiro atoms. The minimum Gasteiger partial charge on any atom is -0.308 e. The van der Waals surface area contributed by atoms with E-state index in [-0.39, 0.29) is 0 Å². The van der Waals surface area contributed by atoms with Crippen LogP contribution in [0.25, 0.3) is 11.3 Å². The fraction of sp³-hybridized carbons (Fsp3) is 0.471. The Morgan fingerprint density at radius 1 is 1.24 bits per heavy atom. The van der Waals surface area contributed by atoms with Crippen molar-refractivity contribution in [1.82, 2.24) is 15.2 Å². The first-order valence-corrected chi connectivity index (χ1v) is 8.68. The summed E-state index contributed by atoms with van der Waals surface area (Å²) in [6, 6.07) is 11.1. The number of aromatic nitrogens is 1. The molecule has 1 aliphatic rings. The molecule has 2 heterocycles. The lowest BCUT2D eigenvalue weighted by Crippen LogP contribution is -2.42. The van der Waals surface area contributed by atoms with E-state index < -0.39 is 0 Å². The van der Waals surface area contributed by atoms with E-state index in [2.05, 4.69) is 46.8 Å². The third kappa shape index (κ3) is 3.90. The predicted molar refractivity (Wildman–Crippen MR) is 89.5 cm³/mol. The highest BCUT2D eigenvalue weighted by atomic mass is 32.1. The molecule has 0 amide bonds. The van der Waals surface area contributed by atoms with Gasteiger partial charge in [-0.3, -0.25) is 0 Å². The SMILES string of the molecule is CCN1CCC(NCc2nc(-c3ccccc3)cs2)CC1. The molecule has 0 radical (unpaired) electrons. The normalized spacial score (nSPS) is 17.2. The number of hydrogen-bond donors (Lipinski definition) is 1. The molecule has 0 aliphatic carbocycles. The van der Waals surface area contributed by atoms with Crippen LogP contribution < -0.4 is 5.32 Å². The molecule has 1 aromatic carbocycles. The first kappa shape index (κ1) is 14.7. The van der Waals surface area contributed by atoms with Crippen molar-refractivity contribution in [2.24, 2.45) is 0 Å². The fourth-order valence-corrected chi connectivity index (χ4v) is 3.57. The second-order valence-electron chi connectivity index (χ2n) is 5.58. The molecule has 0 atom stereocenters. The van der Waals surface area contributed by atoms with E-state index in [1.54, 1.807) is 11.3 Å². The molecule has 21 heavy (non-hydrogen) atoms. The number of nitrogens with one attached hydrogen (secondary N) is 1. The van der Waals surface area contributed by atoms with Gasteiger partial charge in [-0.15, -0.1) is 11.3 Å². The van der Waals surface area contributed by atoms with Gasteiger partial charge in [0.15, 0.2) is 0 Å². The molecule has 112 valence electrons. The topological polar surface area (TPSA) is 28.2 Å². The number of nitrogens with zero attached hydrogens (tertiary/aromatic N) is 2. The Morgan fingerprint density at radius 2 is 2.00 bits per heavy atom. The number of hydrogen-bond acceptors (Lipinski definition) is 4. The average molecular weight is 301 g/mol. The van der Waals surface area contributed by atoms with Crippen molar-refractivity contribution in [2.45, 2.75) is 32.4 Å². The van der Waals surface area contributed by atoms with E-state index in [4.69, 9.17) is 4.98 Å². The molecular formula is C17H23N3S. The van der Waals surface area contributed by atoms with Gasteiger partial charge < -0.3 is 10.2 Å². The van der Waals surface area contributed by atoms with Gasteiger partial charge in [-0.25, -0.2) is 4.98 Å². The standard InChI is InChI=1S/C17H23N3S/c1-2-20-10-8-15(9-11-20)18-12-17-19-16(13-21-17)14-6-4-3-5-7-14/h3-7,13,15,18H,2,8-12H2,1H3. The minimum atomic E-state index is 0.650. The van der Waals surface area contributed by atoms with Gasteiger partial charge in [0, 0.05) is 23.5 Å². The average Bonchev–Trinajstić information content (AvgIpc) is 3.03. The van der Waals surface area contributed by atoms with E-state index in [1.165, 1.54) is 43.0 Å². The Bertz CT molecular complexity index is 544. The van der Waals surface area contributed by atoms with Gasteiger partial charge >= 0.3 is 0 Å². The van der Waals surface area contributed by atoms with Crippen molar-refractivity contribution in [3.05, 3.63) is 40.7 Å². The van der Waals surface area contributed by atoms with Gasteiger partial charge in [0.05, 0.1) is 5.69 Å². The van der Waals surface area contributed by atoms with Crippen molar-refractivity contribution in [3.8, 4) is 11.3 Å². The largest absolute Gasteiger partial charge is 0.308 e. The van der Waals surface area contributed by atoms with Crippen molar-refractivity contribution in [1.29, 1.82) is 0 Å². The summed E-state index contributed by atoms with van der Waals surface area (Å²) < 4.78 is 0. The van der Waals surface area contributed by atoms with E-state index in [0.717, 1.165) is 12.2 Å². The molecule has 0 unspecified atom stereocenters. The number of rotatable bonds is 5. The van der Waals surface area contributed by atoms with Crippen LogP contribution in [0.2, 0.25) is 0 Å². The molecule has 0 bridgehead atoms. The lowest BCUT2D eigenvalue weighted by atomic mass is 10.1. The molecule has 4 heteroatoms. The van der Waals surface area contributed by atoms with Crippen LogP contribution in [0.3, 0.4) is 0 Å². The molecule has 2 aromatic rings. The Morgan fingerprint density at radius 3 is 2.71 bits per heavy atom. The number of piperidine rings is 1. The Hall–Kier alpha value is -1.23. The van der Waals surface area contributed by atoms with Crippen molar-refractivity contribution < 1.29 is 0 Å². The molecule has 1 saturated heterocycles. The van der Waals surface area contributed by atoms with Crippen LogP contribution in [0.4, 0.5) is 0 Å². The summed E-state index contributed by atoms with van der Waals surface area (Å²) in [6.45, 7) is 6.77. The summed E-state index contributed by atoms with van der Waals surface area (Å²) in [5, 5.41) is 7.01. The van der Waals surface area contributed by atoms with Crippen LogP contribution in [0.5, 0.6) is 0 Å². The second kappa shape index (κ2) is 7.16. The van der Waals surface area contributed by atoms with E-state index in [9.17, 15) is 0 Å². The Balaban J connectivity index is 1.52. The number of likely N-dealkylation sites (tertiary alicyclic amines) is 1. The quantitative estimate of drug-likeness (QED) is 0.917. The predicted octanol–water partition coefficient (Wildman–Crippen LogP) is 3.38. The van der Waals surface area contributed by atoms with Crippen LogP contribution in [0.1, 0.15) is 24.8 Å². The molecule has 3 rings (SSSR count). The molecule has 3 nitrogen and oxygen atoms in total. The van der Waals surface area contributed by atoms with E-state index in [0.29, 0.717) is 6.04 Å². The van der Waals surface area contributed by atoms with E-state index >= 15 is 0 Å². The first-order valence-electron chi connectivity index (χ1n) is 7.80. The van der Waals surface area contributed by atoms with Crippen molar-refractivity contribution in [2.75, 3.05) is 19.6 Å². The van der Waals surface area contributed by atoms with Gasteiger partial charge in [-0.1, -0.05) is 37.3 Å². The van der Waals surface area contributed by atoms with Crippen molar-refractivity contribution in [3.63, 3.8) is 0 Å². The van der Waals surface area contributed by atoms with Gasteiger partial charge in [0.2, 0.25) is 0 Å². The summed E-state index contributed by atoms with van der Waals surface area (Å²) in [5.41, 5.74) is 2.30. The van der Waals surface area contributed by atoms with Gasteiger partial charge in [-0.05, 0) is 32.5 Å². The van der Waals surface area contributed by atoms with Crippen LogP contribution >= 0.6 is 11.3 Å². The fourth-order valence-electron chi connectivity index (χ4n) is 2.82. The maximum Gasteiger partial charge on any atom is 0.107 e. The zero-order chi connectivity index (χ0) is 14.5. The molecule has 1 aliphatic heterocycles. The van der Waals surface area contributed by atoms with E-state index in [1.807, 2.05) is 6.07 Å². The smallest absolute Gasteiger partial charge is 0.107 e. The number of benzene rings is 1. The van der Waals surface area contributed by atoms with Gasteiger partial charge in [0.25, 0.3) is 0 Å². The summed E-state index contributed by atoms with van der Waals surface area (Å²) >= 11 is 1.75. The lowest BCUT2D eigenvalue weighted by Gasteiger charge is -2.31. The molecule has 1 fully saturated rings. The van der Waals surface area contributed by atoms with Crippen LogP contribution in [0, 0.1) is 0 Å². The zero-order valence-electron chi connectivity index (χ0n) is 12.6.